The van der Waals surface area contributed by atoms with Gasteiger partial charge in [0, 0.05) is 6.92 Å². The number of aliphatic hydroxyl groups excluding tert-OH is 1. The third kappa shape index (κ3) is 7.23. The molecular weight excluding hydrogens is 174 g/mol. The predicted molar refractivity (Wildman–Crippen MR) is 36.2 cm³/mol. The minimum Gasteiger partial charge on any atom is -0.373 e. The third-order valence-electron chi connectivity index (χ3n) is 0.738. The summed E-state index contributed by atoms with van der Waals surface area (Å²) in [5.41, 5.74) is 0. The van der Waals surface area contributed by atoms with E-state index in [0.717, 1.165) is 6.92 Å². The van der Waals surface area contributed by atoms with E-state index in [1.807, 2.05) is 5.32 Å². The summed E-state index contributed by atoms with van der Waals surface area (Å²) < 4.78 is 28.3. The first-order valence-electron chi connectivity index (χ1n) is 2.71. The molecule has 7 heteroatoms. The highest BCUT2D eigenvalue weighted by atomic mass is 32.2. The Kier molecular flexibility index (Phi) is 3.43. The normalized spacial score (nSPS) is 14.1. The lowest BCUT2D eigenvalue weighted by Crippen LogP contribution is -2.38. The first kappa shape index (κ1) is 10.3. The zero-order valence-corrected chi connectivity index (χ0v) is 6.63. The monoisotopic (exact) mass is 183 g/mol. The number of amides is 1. The Morgan fingerprint density at radius 1 is 1.64 bits per heavy atom. The van der Waals surface area contributed by atoms with Crippen LogP contribution in [0.2, 0.25) is 0 Å². The predicted octanol–water partition coefficient (Wildman–Crippen LogP) is -1.67. The van der Waals surface area contributed by atoms with Gasteiger partial charge in [-0.05, 0) is 0 Å². The average Bonchev–Trinajstić information content (AvgIpc) is 1.53. The van der Waals surface area contributed by atoms with Crippen LogP contribution in [-0.2, 0) is 14.9 Å². The van der Waals surface area contributed by atoms with Gasteiger partial charge in [0.15, 0.2) is 0 Å². The number of carbonyl (C=O) groups excluding carboxylic acids is 1. The molecule has 6 nitrogen and oxygen atoms in total. The maximum Gasteiger partial charge on any atom is 0.269 e. The highest BCUT2D eigenvalue weighted by Crippen LogP contribution is 1.85. The molecule has 1 amide bonds. The number of aliphatic hydroxyl groups is 1. The summed E-state index contributed by atoms with van der Waals surface area (Å²) in [7, 11) is -4.23. The average molecular weight is 183 g/mol. The van der Waals surface area contributed by atoms with Crippen molar-refractivity contribution in [3.63, 3.8) is 0 Å². The molecule has 1 atom stereocenters. The summed E-state index contributed by atoms with van der Waals surface area (Å²) >= 11 is 0. The molecule has 0 aromatic carbocycles. The van der Waals surface area contributed by atoms with E-state index in [9.17, 15) is 13.2 Å². The highest BCUT2D eigenvalue weighted by Gasteiger charge is 2.13. The number of rotatable bonds is 3. The fraction of sp³-hybridized carbons (Fsp3) is 0.750. The Morgan fingerprint density at radius 2 is 2.09 bits per heavy atom. The van der Waals surface area contributed by atoms with Crippen LogP contribution < -0.4 is 5.32 Å². The van der Waals surface area contributed by atoms with Crippen molar-refractivity contribution < 1.29 is 22.9 Å². The van der Waals surface area contributed by atoms with Gasteiger partial charge >= 0.3 is 0 Å². The molecule has 3 N–H and O–H groups in total. The molecule has 0 spiro atoms. The lowest BCUT2D eigenvalue weighted by molar-refractivity contribution is -0.121. The van der Waals surface area contributed by atoms with Crippen LogP contribution in [0, 0.1) is 0 Å². The fourth-order valence-corrected chi connectivity index (χ4v) is 0.958. The molecule has 66 valence electrons. The van der Waals surface area contributed by atoms with Crippen molar-refractivity contribution in [2.24, 2.45) is 0 Å². The van der Waals surface area contributed by atoms with E-state index in [0.29, 0.717) is 0 Å². The van der Waals surface area contributed by atoms with Gasteiger partial charge in [-0.2, -0.15) is 8.42 Å². The number of hydrogen-bond acceptors (Lipinski definition) is 4. The summed E-state index contributed by atoms with van der Waals surface area (Å²) in [6, 6.07) is 0. The van der Waals surface area contributed by atoms with Gasteiger partial charge in [0.05, 0.1) is 0 Å². The van der Waals surface area contributed by atoms with Crippen molar-refractivity contribution in [3.8, 4) is 0 Å². The van der Waals surface area contributed by atoms with Gasteiger partial charge in [-0.1, -0.05) is 0 Å². The van der Waals surface area contributed by atoms with Crippen LogP contribution in [0.25, 0.3) is 0 Å². The second kappa shape index (κ2) is 3.65. The zero-order valence-electron chi connectivity index (χ0n) is 5.81. The molecule has 0 aliphatic carbocycles. The molecule has 0 aromatic rings. The van der Waals surface area contributed by atoms with Gasteiger partial charge in [-0.25, -0.2) is 0 Å². The Balaban J connectivity index is 3.89. The van der Waals surface area contributed by atoms with Gasteiger partial charge in [-0.15, -0.1) is 0 Å². The minimum absolute atomic E-state index is 0.568. The van der Waals surface area contributed by atoms with Crippen molar-refractivity contribution in [3.05, 3.63) is 0 Å². The van der Waals surface area contributed by atoms with E-state index in [1.165, 1.54) is 0 Å². The highest BCUT2D eigenvalue weighted by molar-refractivity contribution is 7.85. The zero-order chi connectivity index (χ0) is 9.07. The van der Waals surface area contributed by atoms with Crippen LogP contribution in [0.3, 0.4) is 0 Å². The first-order valence-corrected chi connectivity index (χ1v) is 4.32. The van der Waals surface area contributed by atoms with Crippen LogP contribution in [-0.4, -0.2) is 36.0 Å². The maximum absolute atomic E-state index is 10.2. The molecule has 0 fully saturated rings. The van der Waals surface area contributed by atoms with Gasteiger partial charge in [-0.3, -0.25) is 9.35 Å². The molecule has 0 saturated heterocycles. The van der Waals surface area contributed by atoms with Gasteiger partial charge in [0.25, 0.3) is 10.1 Å². The summed E-state index contributed by atoms with van der Waals surface area (Å²) in [5, 5.41) is 10.6. The van der Waals surface area contributed by atoms with E-state index in [-0.39, 0.29) is 0 Å². The molecule has 0 radical (unpaired) electrons. The Hall–Kier alpha value is -0.660. The molecule has 0 aliphatic rings. The van der Waals surface area contributed by atoms with Gasteiger partial charge < -0.3 is 10.4 Å². The van der Waals surface area contributed by atoms with Crippen molar-refractivity contribution in [1.29, 1.82) is 0 Å². The number of hydrogen-bond donors (Lipinski definition) is 3. The molecular formula is C4H9NO5S. The maximum atomic E-state index is 10.2. The van der Waals surface area contributed by atoms with E-state index in [1.54, 1.807) is 0 Å². The van der Waals surface area contributed by atoms with E-state index in [4.69, 9.17) is 9.66 Å². The standard InChI is InChI=1S/C4H9NO5S/c1-3(6)5-4(7)2-11(8,9)10/h4,7H,2H2,1H3,(H,5,6)(H,8,9,10). The lowest BCUT2D eigenvalue weighted by atomic mass is 10.6. The molecule has 11 heavy (non-hydrogen) atoms. The summed E-state index contributed by atoms with van der Waals surface area (Å²) in [4.78, 5) is 10.2. The van der Waals surface area contributed by atoms with Crippen molar-refractivity contribution >= 4 is 16.0 Å². The Bertz CT molecular complexity index is 233. The first-order chi connectivity index (χ1) is 4.81. The summed E-state index contributed by atoms with van der Waals surface area (Å²) in [6.45, 7) is 1.12. The molecule has 0 aliphatic heterocycles. The van der Waals surface area contributed by atoms with E-state index >= 15 is 0 Å². The smallest absolute Gasteiger partial charge is 0.269 e. The second-order valence-electron chi connectivity index (χ2n) is 1.96. The van der Waals surface area contributed by atoms with Crippen LogP contribution in [0.5, 0.6) is 0 Å². The fourth-order valence-electron chi connectivity index (χ4n) is 0.476. The topological polar surface area (TPSA) is 104 Å². The Morgan fingerprint density at radius 3 is 2.36 bits per heavy atom. The van der Waals surface area contributed by atoms with Crippen LogP contribution in [0.15, 0.2) is 0 Å². The molecule has 0 aromatic heterocycles. The summed E-state index contributed by atoms with van der Waals surface area (Å²) in [6.07, 6.45) is -1.55. The Labute approximate surface area is 64.0 Å². The SMILES string of the molecule is CC(=O)NC(O)CS(=O)(=O)O. The second-order valence-corrected chi connectivity index (χ2v) is 3.46. The lowest BCUT2D eigenvalue weighted by Gasteiger charge is -2.07. The number of carbonyl (C=O) groups is 1. The summed E-state index contributed by atoms with van der Waals surface area (Å²) in [5.74, 6) is -1.46. The number of nitrogens with one attached hydrogen (secondary N) is 1. The van der Waals surface area contributed by atoms with Crippen LogP contribution >= 0.6 is 0 Å². The third-order valence-corrected chi connectivity index (χ3v) is 1.48. The van der Waals surface area contributed by atoms with Gasteiger partial charge in [0.1, 0.15) is 12.0 Å². The largest absolute Gasteiger partial charge is 0.373 e. The molecule has 0 saturated carbocycles. The van der Waals surface area contributed by atoms with Crippen molar-refractivity contribution in [2.45, 2.75) is 13.2 Å². The minimum atomic E-state index is -4.23. The van der Waals surface area contributed by atoms with E-state index < -0.39 is 28.0 Å². The van der Waals surface area contributed by atoms with E-state index in [2.05, 4.69) is 0 Å². The molecule has 0 bridgehead atoms. The molecule has 0 rings (SSSR count). The van der Waals surface area contributed by atoms with Crippen molar-refractivity contribution in [1.82, 2.24) is 5.32 Å². The van der Waals surface area contributed by atoms with Gasteiger partial charge in [0.2, 0.25) is 5.91 Å². The van der Waals surface area contributed by atoms with Crippen molar-refractivity contribution in [2.75, 3.05) is 5.75 Å². The van der Waals surface area contributed by atoms with Crippen LogP contribution in [0.1, 0.15) is 6.92 Å². The van der Waals surface area contributed by atoms with Crippen LogP contribution in [0.4, 0.5) is 0 Å². The molecule has 0 heterocycles. The molecule has 1 unspecified atom stereocenters. The quantitative estimate of drug-likeness (QED) is 0.358.